The number of nitrogens with one attached hydrogen (secondary N) is 2. The minimum absolute atomic E-state index is 0.106. The average molecular weight is 356 g/mol. The number of carbonyl (C=O) groups is 1. The second-order valence-corrected chi connectivity index (χ2v) is 6.33. The Labute approximate surface area is 155 Å². The van der Waals surface area contributed by atoms with Crippen molar-refractivity contribution in [1.29, 1.82) is 0 Å². The van der Waals surface area contributed by atoms with Crippen molar-refractivity contribution in [3.8, 4) is 11.5 Å². The number of hydrogen-bond donors (Lipinski definition) is 2. The summed E-state index contributed by atoms with van der Waals surface area (Å²) in [4.78, 5) is 12.2. The van der Waals surface area contributed by atoms with E-state index in [1.807, 2.05) is 71.0 Å². The quantitative estimate of drug-likeness (QED) is 0.723. The van der Waals surface area contributed by atoms with Gasteiger partial charge < -0.3 is 20.1 Å². The first-order chi connectivity index (χ1) is 12.4. The molecular weight excluding hydrogens is 328 g/mol. The summed E-state index contributed by atoms with van der Waals surface area (Å²) >= 11 is 0. The van der Waals surface area contributed by atoms with E-state index in [-0.39, 0.29) is 18.8 Å². The van der Waals surface area contributed by atoms with Crippen molar-refractivity contribution >= 4 is 6.03 Å². The number of hydrogen-bond acceptors (Lipinski definition) is 3. The molecule has 140 valence electrons. The Hall–Kier alpha value is -2.69. The molecule has 0 saturated carbocycles. The monoisotopic (exact) mass is 356 g/mol. The fraction of sp³-hybridized carbons (Fsp3) is 0.381. The predicted molar refractivity (Wildman–Crippen MR) is 104 cm³/mol. The van der Waals surface area contributed by atoms with Crippen LogP contribution in [0.2, 0.25) is 0 Å². The molecule has 2 aromatic carbocycles. The Morgan fingerprint density at radius 1 is 1.08 bits per heavy atom. The van der Waals surface area contributed by atoms with Crippen LogP contribution in [0, 0.1) is 20.8 Å². The van der Waals surface area contributed by atoms with Gasteiger partial charge in [0.1, 0.15) is 11.5 Å². The van der Waals surface area contributed by atoms with Crippen LogP contribution in [-0.2, 0) is 0 Å². The van der Waals surface area contributed by atoms with Gasteiger partial charge in [0.2, 0.25) is 0 Å². The van der Waals surface area contributed by atoms with Crippen LogP contribution in [0.1, 0.15) is 42.1 Å². The van der Waals surface area contributed by atoms with Crippen molar-refractivity contribution in [2.45, 2.75) is 40.7 Å². The molecule has 2 aromatic rings. The van der Waals surface area contributed by atoms with Crippen LogP contribution < -0.4 is 20.1 Å². The van der Waals surface area contributed by atoms with Gasteiger partial charge in [0.15, 0.2) is 6.73 Å². The van der Waals surface area contributed by atoms with Crippen LogP contribution in [0.5, 0.6) is 11.5 Å². The summed E-state index contributed by atoms with van der Waals surface area (Å²) in [6.45, 7) is 10.6. The largest absolute Gasteiger partial charge is 0.494 e. The maximum Gasteiger partial charge on any atom is 0.317 e. The van der Waals surface area contributed by atoms with Crippen molar-refractivity contribution < 1.29 is 14.3 Å². The summed E-state index contributed by atoms with van der Waals surface area (Å²) in [5, 5.41) is 5.66. The van der Waals surface area contributed by atoms with Gasteiger partial charge in [-0.3, -0.25) is 0 Å². The number of ether oxygens (including phenoxy) is 2. The standard InChI is InChI=1S/C21H28N2O3/c1-6-25-20-11-10-14(2)12-18(20)17(5)23-21(24)22-13-26-19-9-7-8-15(3)16(19)4/h7-12,17H,6,13H2,1-5H3,(H2,22,23,24). The highest BCUT2D eigenvalue weighted by Crippen LogP contribution is 2.26. The minimum Gasteiger partial charge on any atom is -0.494 e. The second kappa shape index (κ2) is 9.13. The van der Waals surface area contributed by atoms with Gasteiger partial charge in [-0.1, -0.05) is 29.8 Å². The first-order valence-electron chi connectivity index (χ1n) is 8.89. The lowest BCUT2D eigenvalue weighted by Gasteiger charge is -2.19. The molecule has 0 bridgehead atoms. The lowest BCUT2D eigenvalue weighted by atomic mass is 10.0. The molecule has 5 nitrogen and oxygen atoms in total. The molecule has 2 N–H and O–H groups in total. The van der Waals surface area contributed by atoms with Crippen LogP contribution in [0.25, 0.3) is 0 Å². The fourth-order valence-electron chi connectivity index (χ4n) is 2.68. The Morgan fingerprint density at radius 3 is 2.58 bits per heavy atom. The van der Waals surface area contributed by atoms with Gasteiger partial charge in [0.05, 0.1) is 12.6 Å². The summed E-state index contributed by atoms with van der Waals surface area (Å²) in [6.07, 6.45) is 0. The summed E-state index contributed by atoms with van der Waals surface area (Å²) in [7, 11) is 0. The number of urea groups is 1. The van der Waals surface area contributed by atoms with Gasteiger partial charge >= 0.3 is 6.03 Å². The van der Waals surface area contributed by atoms with Crippen LogP contribution in [0.3, 0.4) is 0 Å². The highest BCUT2D eigenvalue weighted by molar-refractivity contribution is 5.74. The third kappa shape index (κ3) is 5.15. The lowest BCUT2D eigenvalue weighted by molar-refractivity contribution is 0.220. The molecule has 0 aromatic heterocycles. The smallest absolute Gasteiger partial charge is 0.317 e. The van der Waals surface area contributed by atoms with E-state index in [2.05, 4.69) is 10.6 Å². The molecule has 1 unspecified atom stereocenters. The number of amides is 2. The van der Waals surface area contributed by atoms with Crippen LogP contribution >= 0.6 is 0 Å². The van der Waals surface area contributed by atoms with Gasteiger partial charge in [-0.25, -0.2) is 4.79 Å². The third-order valence-electron chi connectivity index (χ3n) is 4.29. The molecule has 0 aliphatic rings. The van der Waals surface area contributed by atoms with Crippen molar-refractivity contribution in [3.05, 3.63) is 58.7 Å². The van der Waals surface area contributed by atoms with Crippen LogP contribution in [0.4, 0.5) is 4.79 Å². The maximum atomic E-state index is 12.2. The second-order valence-electron chi connectivity index (χ2n) is 6.33. The lowest BCUT2D eigenvalue weighted by Crippen LogP contribution is -2.39. The van der Waals surface area contributed by atoms with Gasteiger partial charge in [-0.15, -0.1) is 0 Å². The Balaban J connectivity index is 1.91. The molecule has 0 fully saturated rings. The molecule has 0 aliphatic heterocycles. The Kier molecular flexibility index (Phi) is 6.89. The molecule has 2 rings (SSSR count). The van der Waals surface area contributed by atoms with Crippen molar-refractivity contribution in [2.24, 2.45) is 0 Å². The molecule has 26 heavy (non-hydrogen) atoms. The van der Waals surface area contributed by atoms with E-state index in [0.717, 1.165) is 33.8 Å². The van der Waals surface area contributed by atoms with E-state index in [4.69, 9.17) is 9.47 Å². The van der Waals surface area contributed by atoms with Gasteiger partial charge in [0.25, 0.3) is 0 Å². The normalized spacial score (nSPS) is 11.6. The van der Waals surface area contributed by atoms with Crippen molar-refractivity contribution in [1.82, 2.24) is 10.6 Å². The van der Waals surface area contributed by atoms with E-state index in [0.29, 0.717) is 6.61 Å². The summed E-state index contributed by atoms with van der Waals surface area (Å²) in [6, 6.07) is 11.4. The highest BCUT2D eigenvalue weighted by atomic mass is 16.5. The van der Waals surface area contributed by atoms with E-state index in [9.17, 15) is 4.79 Å². The van der Waals surface area contributed by atoms with Gasteiger partial charge in [-0.2, -0.15) is 0 Å². The van der Waals surface area contributed by atoms with E-state index >= 15 is 0 Å². The molecule has 0 radical (unpaired) electrons. The summed E-state index contributed by atoms with van der Waals surface area (Å²) in [5.41, 5.74) is 4.31. The Bertz CT molecular complexity index is 759. The molecule has 0 saturated heterocycles. The van der Waals surface area contributed by atoms with Crippen molar-refractivity contribution in [2.75, 3.05) is 13.3 Å². The predicted octanol–water partition coefficient (Wildman–Crippen LogP) is 4.41. The number of rotatable bonds is 7. The highest BCUT2D eigenvalue weighted by Gasteiger charge is 2.14. The van der Waals surface area contributed by atoms with Crippen LogP contribution in [0.15, 0.2) is 36.4 Å². The van der Waals surface area contributed by atoms with E-state index in [1.165, 1.54) is 0 Å². The van der Waals surface area contributed by atoms with E-state index < -0.39 is 0 Å². The summed E-state index contributed by atoms with van der Waals surface area (Å²) in [5.74, 6) is 1.56. The number of aryl methyl sites for hydroxylation is 2. The first kappa shape index (κ1) is 19.6. The molecule has 2 amide bonds. The molecular formula is C21H28N2O3. The van der Waals surface area contributed by atoms with Gasteiger partial charge in [0, 0.05) is 5.56 Å². The topological polar surface area (TPSA) is 59.6 Å². The number of carbonyl (C=O) groups excluding carboxylic acids is 1. The minimum atomic E-state index is -0.285. The molecule has 5 heteroatoms. The Morgan fingerprint density at radius 2 is 1.85 bits per heavy atom. The summed E-state index contributed by atoms with van der Waals surface area (Å²) < 4.78 is 11.3. The SMILES string of the molecule is CCOc1ccc(C)cc1C(C)NC(=O)NCOc1cccc(C)c1C. The molecule has 0 spiro atoms. The zero-order chi connectivity index (χ0) is 19.1. The fourth-order valence-corrected chi connectivity index (χ4v) is 2.68. The zero-order valence-corrected chi connectivity index (χ0v) is 16.2. The molecule has 0 heterocycles. The molecule has 1 atom stereocenters. The van der Waals surface area contributed by atoms with Crippen LogP contribution in [-0.4, -0.2) is 19.4 Å². The zero-order valence-electron chi connectivity index (χ0n) is 16.2. The average Bonchev–Trinajstić information content (AvgIpc) is 2.60. The maximum absolute atomic E-state index is 12.2. The number of benzene rings is 2. The molecule has 0 aliphatic carbocycles. The van der Waals surface area contributed by atoms with Crippen molar-refractivity contribution in [3.63, 3.8) is 0 Å². The van der Waals surface area contributed by atoms with E-state index in [1.54, 1.807) is 0 Å². The third-order valence-corrected chi connectivity index (χ3v) is 4.29. The first-order valence-corrected chi connectivity index (χ1v) is 8.89. The van der Waals surface area contributed by atoms with Gasteiger partial charge in [-0.05, 0) is 57.9 Å².